The zero-order valence-electron chi connectivity index (χ0n) is 14.5. The third-order valence-electron chi connectivity index (χ3n) is 3.94. The average Bonchev–Trinajstić information content (AvgIpc) is 3.35. The molecular formula is C18H16N4O4. The molecule has 132 valence electrons. The SMILES string of the molecule is COc1cc(-c2nc3nccc(-c4ccco4)n3n2)cc(OC)c1OC. The lowest BCUT2D eigenvalue weighted by Crippen LogP contribution is -1.96. The van der Waals surface area contributed by atoms with E-state index in [4.69, 9.17) is 18.6 Å². The summed E-state index contributed by atoms with van der Waals surface area (Å²) in [6, 6.07) is 9.08. The Labute approximate surface area is 149 Å². The van der Waals surface area contributed by atoms with Crippen LogP contribution < -0.4 is 14.2 Å². The minimum absolute atomic E-state index is 0.461. The molecule has 4 rings (SSSR count). The van der Waals surface area contributed by atoms with Crippen LogP contribution in [0.2, 0.25) is 0 Å². The number of rotatable bonds is 5. The van der Waals surface area contributed by atoms with E-state index in [-0.39, 0.29) is 0 Å². The van der Waals surface area contributed by atoms with Gasteiger partial charge in [0.2, 0.25) is 5.75 Å². The molecule has 0 saturated heterocycles. The maximum Gasteiger partial charge on any atom is 0.253 e. The first-order valence-corrected chi connectivity index (χ1v) is 7.81. The molecule has 4 aromatic rings. The molecular weight excluding hydrogens is 336 g/mol. The lowest BCUT2D eigenvalue weighted by Gasteiger charge is -2.12. The summed E-state index contributed by atoms with van der Waals surface area (Å²) in [5.41, 5.74) is 1.47. The number of hydrogen-bond acceptors (Lipinski definition) is 7. The summed E-state index contributed by atoms with van der Waals surface area (Å²) in [4.78, 5) is 8.78. The topological polar surface area (TPSA) is 83.9 Å². The van der Waals surface area contributed by atoms with E-state index in [1.807, 2.05) is 18.2 Å². The highest BCUT2D eigenvalue weighted by molar-refractivity contribution is 5.68. The van der Waals surface area contributed by atoms with Crippen LogP contribution in [0.3, 0.4) is 0 Å². The van der Waals surface area contributed by atoms with Crippen LogP contribution in [0.25, 0.3) is 28.6 Å². The molecule has 0 bridgehead atoms. The summed E-state index contributed by atoms with van der Waals surface area (Å²) < 4.78 is 23.3. The van der Waals surface area contributed by atoms with E-state index in [1.54, 1.807) is 50.4 Å². The fraction of sp³-hybridized carbons (Fsp3) is 0.167. The first-order chi connectivity index (χ1) is 12.7. The van der Waals surface area contributed by atoms with Crippen LogP contribution in [-0.4, -0.2) is 40.9 Å². The van der Waals surface area contributed by atoms with Crippen molar-refractivity contribution in [2.24, 2.45) is 0 Å². The largest absolute Gasteiger partial charge is 0.493 e. The molecule has 8 heteroatoms. The quantitative estimate of drug-likeness (QED) is 0.546. The van der Waals surface area contributed by atoms with Crippen molar-refractivity contribution < 1.29 is 18.6 Å². The van der Waals surface area contributed by atoms with E-state index in [0.717, 1.165) is 11.3 Å². The molecule has 0 radical (unpaired) electrons. The summed E-state index contributed by atoms with van der Waals surface area (Å²) in [5, 5.41) is 4.58. The van der Waals surface area contributed by atoms with E-state index in [0.29, 0.717) is 34.6 Å². The number of benzene rings is 1. The predicted octanol–water partition coefficient (Wildman–Crippen LogP) is 3.08. The Morgan fingerprint density at radius 1 is 1.00 bits per heavy atom. The van der Waals surface area contributed by atoms with Crippen LogP contribution in [0, 0.1) is 0 Å². The predicted molar refractivity (Wildman–Crippen MR) is 93.6 cm³/mol. The van der Waals surface area contributed by atoms with Crippen LogP contribution in [0.15, 0.2) is 47.2 Å². The molecule has 0 spiro atoms. The minimum Gasteiger partial charge on any atom is -0.493 e. The minimum atomic E-state index is 0.461. The van der Waals surface area contributed by atoms with Gasteiger partial charge in [0.1, 0.15) is 5.69 Å². The van der Waals surface area contributed by atoms with Gasteiger partial charge in [-0.25, -0.2) is 4.98 Å². The second kappa shape index (κ2) is 6.40. The van der Waals surface area contributed by atoms with Gasteiger partial charge in [-0.1, -0.05) is 0 Å². The Balaban J connectivity index is 1.89. The molecule has 0 unspecified atom stereocenters. The van der Waals surface area contributed by atoms with Crippen LogP contribution >= 0.6 is 0 Å². The van der Waals surface area contributed by atoms with Crippen molar-refractivity contribution in [1.82, 2.24) is 19.6 Å². The van der Waals surface area contributed by atoms with Gasteiger partial charge in [0.15, 0.2) is 23.1 Å². The van der Waals surface area contributed by atoms with E-state index < -0.39 is 0 Å². The smallest absolute Gasteiger partial charge is 0.253 e. The zero-order chi connectivity index (χ0) is 18.1. The third kappa shape index (κ3) is 2.52. The highest BCUT2D eigenvalue weighted by Gasteiger charge is 2.18. The summed E-state index contributed by atoms with van der Waals surface area (Å²) in [7, 11) is 4.69. The molecule has 0 aliphatic rings. The van der Waals surface area contributed by atoms with Crippen LogP contribution in [0.4, 0.5) is 0 Å². The molecule has 26 heavy (non-hydrogen) atoms. The Bertz CT molecular complexity index is 1030. The monoisotopic (exact) mass is 352 g/mol. The van der Waals surface area contributed by atoms with Crippen LogP contribution in [0.5, 0.6) is 17.2 Å². The first-order valence-electron chi connectivity index (χ1n) is 7.81. The van der Waals surface area contributed by atoms with Crippen molar-refractivity contribution in [2.45, 2.75) is 0 Å². The van der Waals surface area contributed by atoms with Gasteiger partial charge in [0.25, 0.3) is 5.78 Å². The lowest BCUT2D eigenvalue weighted by molar-refractivity contribution is 0.324. The Morgan fingerprint density at radius 2 is 1.77 bits per heavy atom. The molecule has 0 fully saturated rings. The normalized spacial score (nSPS) is 10.9. The van der Waals surface area contributed by atoms with Crippen molar-refractivity contribution >= 4 is 5.78 Å². The van der Waals surface area contributed by atoms with Gasteiger partial charge in [0.05, 0.1) is 27.6 Å². The molecule has 1 aromatic carbocycles. The van der Waals surface area contributed by atoms with Crippen molar-refractivity contribution in [3.63, 3.8) is 0 Å². The van der Waals surface area contributed by atoms with Crippen molar-refractivity contribution in [1.29, 1.82) is 0 Å². The number of fused-ring (bicyclic) bond motifs is 1. The van der Waals surface area contributed by atoms with E-state index in [9.17, 15) is 0 Å². The molecule has 8 nitrogen and oxygen atoms in total. The number of ether oxygens (including phenoxy) is 3. The Hall–Kier alpha value is -3.55. The molecule has 3 heterocycles. The van der Waals surface area contributed by atoms with Gasteiger partial charge in [-0.15, -0.1) is 5.10 Å². The molecule has 3 aromatic heterocycles. The average molecular weight is 352 g/mol. The summed E-state index contributed by atoms with van der Waals surface area (Å²) in [6.07, 6.45) is 3.28. The number of methoxy groups -OCH3 is 3. The van der Waals surface area contributed by atoms with Crippen LogP contribution in [0.1, 0.15) is 0 Å². The highest BCUT2D eigenvalue weighted by atomic mass is 16.5. The summed E-state index contributed by atoms with van der Waals surface area (Å²) >= 11 is 0. The molecule has 0 atom stereocenters. The lowest BCUT2D eigenvalue weighted by atomic mass is 10.1. The highest BCUT2D eigenvalue weighted by Crippen LogP contribution is 2.40. The zero-order valence-corrected chi connectivity index (χ0v) is 14.5. The van der Waals surface area contributed by atoms with E-state index >= 15 is 0 Å². The van der Waals surface area contributed by atoms with Crippen LogP contribution in [-0.2, 0) is 0 Å². The molecule has 0 amide bonds. The maximum atomic E-state index is 5.47. The summed E-state index contributed by atoms with van der Waals surface area (Å²) in [5.74, 6) is 3.19. The van der Waals surface area contributed by atoms with Gasteiger partial charge < -0.3 is 18.6 Å². The van der Waals surface area contributed by atoms with Gasteiger partial charge in [-0.3, -0.25) is 0 Å². The molecule has 0 N–H and O–H groups in total. The van der Waals surface area contributed by atoms with Gasteiger partial charge in [0, 0.05) is 11.8 Å². The second-order valence-electron chi connectivity index (χ2n) is 5.37. The van der Waals surface area contributed by atoms with Crippen molar-refractivity contribution in [3.8, 4) is 40.1 Å². The summed E-state index contributed by atoms with van der Waals surface area (Å²) in [6.45, 7) is 0. The Morgan fingerprint density at radius 3 is 2.38 bits per heavy atom. The van der Waals surface area contributed by atoms with Gasteiger partial charge >= 0.3 is 0 Å². The van der Waals surface area contributed by atoms with Crippen molar-refractivity contribution in [3.05, 3.63) is 42.8 Å². The van der Waals surface area contributed by atoms with Gasteiger partial charge in [-0.05, 0) is 30.3 Å². The third-order valence-corrected chi connectivity index (χ3v) is 3.94. The number of aromatic nitrogens is 4. The number of hydrogen-bond donors (Lipinski definition) is 0. The first kappa shape index (κ1) is 15.9. The van der Waals surface area contributed by atoms with E-state index in [2.05, 4.69) is 15.1 Å². The standard InChI is InChI=1S/C18H16N4O4/c1-23-14-9-11(10-15(24-2)16(14)25-3)17-20-18-19-7-6-12(22(18)21-17)13-5-4-8-26-13/h4-10H,1-3H3. The maximum absolute atomic E-state index is 5.47. The fourth-order valence-corrected chi connectivity index (χ4v) is 2.74. The van der Waals surface area contributed by atoms with Gasteiger partial charge in [-0.2, -0.15) is 9.50 Å². The fourth-order valence-electron chi connectivity index (χ4n) is 2.74. The second-order valence-corrected chi connectivity index (χ2v) is 5.37. The molecule has 0 saturated carbocycles. The number of nitrogens with zero attached hydrogens (tertiary/aromatic N) is 4. The van der Waals surface area contributed by atoms with Crippen molar-refractivity contribution in [2.75, 3.05) is 21.3 Å². The Kier molecular flexibility index (Phi) is 3.92. The van der Waals surface area contributed by atoms with E-state index in [1.165, 1.54) is 0 Å². The molecule has 0 aliphatic heterocycles. The number of furan rings is 1. The molecule has 0 aliphatic carbocycles.